The number of aliphatic hydroxyl groups excluding tert-OH is 1. The number of aromatic amines is 1. The van der Waals surface area contributed by atoms with Crippen molar-refractivity contribution in [2.24, 2.45) is 5.92 Å². The molecule has 1 aliphatic heterocycles. The van der Waals surface area contributed by atoms with Crippen molar-refractivity contribution in [3.8, 4) is 0 Å². The van der Waals surface area contributed by atoms with E-state index >= 15 is 0 Å². The van der Waals surface area contributed by atoms with Crippen molar-refractivity contribution < 1.29 is 9.90 Å². The minimum atomic E-state index is 0.0291. The van der Waals surface area contributed by atoms with Crippen LogP contribution < -0.4 is 0 Å². The van der Waals surface area contributed by atoms with E-state index in [-0.39, 0.29) is 18.4 Å². The molecule has 20 heavy (non-hydrogen) atoms. The summed E-state index contributed by atoms with van der Waals surface area (Å²) in [6.07, 6.45) is 2.64. The molecule has 1 fully saturated rings. The number of halogens is 2. The van der Waals surface area contributed by atoms with E-state index in [9.17, 15) is 9.90 Å². The summed E-state index contributed by atoms with van der Waals surface area (Å²) in [6, 6.07) is 3.90. The lowest BCUT2D eigenvalue weighted by Crippen LogP contribution is -2.28. The highest BCUT2D eigenvalue weighted by atomic mass is 79.9. The Hall–Kier alpha value is -0.850. The highest BCUT2D eigenvalue weighted by Crippen LogP contribution is 2.31. The third kappa shape index (κ3) is 2.40. The Morgan fingerprint density at radius 2 is 2.15 bits per heavy atom. The molecule has 3 rings (SSSR count). The highest BCUT2D eigenvalue weighted by Gasteiger charge is 2.27. The Kier molecular flexibility index (Phi) is 3.88. The van der Waals surface area contributed by atoms with Gasteiger partial charge in [-0.05, 0) is 50.4 Å². The number of carbonyl (C=O) groups excluding carboxylic acids is 1. The van der Waals surface area contributed by atoms with Gasteiger partial charge in [-0.15, -0.1) is 0 Å². The van der Waals surface area contributed by atoms with Crippen molar-refractivity contribution in [1.29, 1.82) is 0 Å². The summed E-state index contributed by atoms with van der Waals surface area (Å²) >= 11 is 6.93. The Balaban J connectivity index is 1.94. The van der Waals surface area contributed by atoms with Crippen LogP contribution in [0.25, 0.3) is 10.9 Å². The van der Waals surface area contributed by atoms with Gasteiger partial charge in [0.25, 0.3) is 5.91 Å². The van der Waals surface area contributed by atoms with E-state index in [2.05, 4.69) is 36.8 Å². The summed E-state index contributed by atoms with van der Waals surface area (Å²) in [7, 11) is 0. The van der Waals surface area contributed by atoms with Crippen molar-refractivity contribution in [2.75, 3.05) is 19.7 Å². The van der Waals surface area contributed by atoms with Crippen LogP contribution in [0.3, 0.4) is 0 Å². The number of hydrogen-bond donors (Lipinski definition) is 2. The molecule has 0 aliphatic carbocycles. The van der Waals surface area contributed by atoms with Gasteiger partial charge in [0.15, 0.2) is 0 Å². The number of fused-ring (bicyclic) bond motifs is 1. The number of hydrogen-bond acceptors (Lipinski definition) is 2. The van der Waals surface area contributed by atoms with Gasteiger partial charge in [0.1, 0.15) is 0 Å². The van der Waals surface area contributed by atoms with Crippen LogP contribution in [-0.2, 0) is 0 Å². The predicted octanol–water partition coefficient (Wildman–Crippen LogP) is 3.15. The van der Waals surface area contributed by atoms with Gasteiger partial charge in [-0.25, -0.2) is 0 Å². The summed E-state index contributed by atoms with van der Waals surface area (Å²) in [6.45, 7) is 1.50. The van der Waals surface area contributed by atoms with E-state index in [1.54, 1.807) is 6.20 Å². The zero-order chi connectivity index (χ0) is 14.3. The van der Waals surface area contributed by atoms with E-state index in [1.807, 2.05) is 17.0 Å². The highest BCUT2D eigenvalue weighted by molar-refractivity contribution is 9.13. The fraction of sp³-hybridized carbons (Fsp3) is 0.357. The van der Waals surface area contributed by atoms with Gasteiger partial charge in [-0.1, -0.05) is 0 Å². The summed E-state index contributed by atoms with van der Waals surface area (Å²) < 4.78 is 1.88. The van der Waals surface area contributed by atoms with E-state index in [1.165, 1.54) is 0 Å². The molecule has 4 nitrogen and oxygen atoms in total. The number of likely N-dealkylation sites (tertiary alicyclic amines) is 1. The number of aromatic nitrogens is 1. The average molecular weight is 402 g/mol. The van der Waals surface area contributed by atoms with Crippen LogP contribution >= 0.6 is 31.9 Å². The van der Waals surface area contributed by atoms with E-state index in [4.69, 9.17) is 0 Å². The summed E-state index contributed by atoms with van der Waals surface area (Å²) in [4.78, 5) is 17.5. The first-order chi connectivity index (χ1) is 9.60. The Bertz CT molecular complexity index is 668. The average Bonchev–Trinajstić information content (AvgIpc) is 3.05. The molecule has 1 saturated heterocycles. The molecule has 0 radical (unpaired) electrons. The molecule has 1 atom stereocenters. The summed E-state index contributed by atoms with van der Waals surface area (Å²) in [5, 5.41) is 10.1. The first-order valence-corrected chi connectivity index (χ1v) is 8.05. The third-order valence-corrected chi connectivity index (χ3v) is 5.63. The number of carbonyl (C=O) groups is 1. The zero-order valence-corrected chi connectivity index (χ0v) is 13.9. The Morgan fingerprint density at radius 1 is 1.40 bits per heavy atom. The fourth-order valence-corrected chi connectivity index (χ4v) is 3.32. The third-order valence-electron chi connectivity index (χ3n) is 3.78. The maximum Gasteiger partial charge on any atom is 0.256 e. The minimum Gasteiger partial charge on any atom is -0.396 e. The molecular formula is C14H14Br2N2O2. The molecule has 6 heteroatoms. The van der Waals surface area contributed by atoms with E-state index in [0.29, 0.717) is 18.7 Å². The molecule has 0 spiro atoms. The number of nitrogens with zero attached hydrogens (tertiary/aromatic N) is 1. The van der Waals surface area contributed by atoms with E-state index < -0.39 is 0 Å². The second-order valence-electron chi connectivity index (χ2n) is 5.10. The summed E-state index contributed by atoms with van der Waals surface area (Å²) in [5.41, 5.74) is 1.62. The van der Waals surface area contributed by atoms with Crippen molar-refractivity contribution in [1.82, 2.24) is 9.88 Å². The predicted molar refractivity (Wildman–Crippen MR) is 84.8 cm³/mol. The maximum absolute atomic E-state index is 12.6. The first kappa shape index (κ1) is 14.1. The zero-order valence-electron chi connectivity index (χ0n) is 10.7. The monoisotopic (exact) mass is 400 g/mol. The number of amides is 1. The second-order valence-corrected chi connectivity index (χ2v) is 6.81. The molecular weight excluding hydrogens is 388 g/mol. The molecule has 1 aromatic carbocycles. The van der Waals surface area contributed by atoms with Crippen LogP contribution in [0.1, 0.15) is 16.8 Å². The molecule has 1 amide bonds. The number of nitrogens with one attached hydrogen (secondary N) is 1. The molecule has 0 bridgehead atoms. The lowest BCUT2D eigenvalue weighted by Gasteiger charge is -2.15. The quantitative estimate of drug-likeness (QED) is 0.812. The van der Waals surface area contributed by atoms with Crippen molar-refractivity contribution in [3.05, 3.63) is 32.8 Å². The number of aliphatic hydroxyl groups is 1. The number of benzene rings is 1. The van der Waals surface area contributed by atoms with E-state index in [0.717, 1.165) is 26.3 Å². The molecule has 0 saturated carbocycles. The van der Waals surface area contributed by atoms with Gasteiger partial charge in [0.05, 0.1) is 5.56 Å². The number of H-pyrrole nitrogens is 1. The molecule has 2 N–H and O–H groups in total. The normalized spacial score (nSPS) is 18.9. The molecule has 2 aromatic rings. The lowest BCUT2D eigenvalue weighted by atomic mass is 10.1. The van der Waals surface area contributed by atoms with Crippen LogP contribution in [-0.4, -0.2) is 40.6 Å². The topological polar surface area (TPSA) is 56.3 Å². The standard InChI is InChI=1S/C14H14Br2N2O2/c15-11-3-9-10(5-17-13(9)4-12(11)16)14(20)18-2-1-8(6-18)7-19/h3-5,8,17,19H,1-2,6-7H2. The number of rotatable bonds is 2. The second kappa shape index (κ2) is 5.50. The molecule has 2 heterocycles. The molecule has 106 valence electrons. The van der Waals surface area contributed by atoms with Crippen molar-refractivity contribution in [3.63, 3.8) is 0 Å². The largest absolute Gasteiger partial charge is 0.396 e. The van der Waals surface area contributed by atoms with Gasteiger partial charge in [-0.2, -0.15) is 0 Å². The maximum atomic E-state index is 12.6. The molecule has 1 aromatic heterocycles. The van der Waals surface area contributed by atoms with Gasteiger partial charge in [0, 0.05) is 51.7 Å². The van der Waals surface area contributed by atoms with Crippen molar-refractivity contribution >= 4 is 48.7 Å². The molecule has 1 unspecified atom stereocenters. The van der Waals surface area contributed by atoms with Gasteiger partial charge in [0.2, 0.25) is 0 Å². The van der Waals surface area contributed by atoms with Gasteiger partial charge >= 0.3 is 0 Å². The van der Waals surface area contributed by atoms with Gasteiger partial charge < -0.3 is 15.0 Å². The SMILES string of the molecule is O=C(c1c[nH]c2cc(Br)c(Br)cc12)N1CCC(CO)C1. The van der Waals surface area contributed by atoms with Crippen LogP contribution in [0.5, 0.6) is 0 Å². The van der Waals surface area contributed by atoms with Gasteiger partial charge in [-0.3, -0.25) is 4.79 Å². The Morgan fingerprint density at radius 3 is 2.85 bits per heavy atom. The van der Waals surface area contributed by atoms with Crippen LogP contribution in [0.15, 0.2) is 27.3 Å². The fourth-order valence-electron chi connectivity index (χ4n) is 2.63. The van der Waals surface area contributed by atoms with Crippen LogP contribution in [0, 0.1) is 5.92 Å². The summed E-state index contributed by atoms with van der Waals surface area (Å²) in [5.74, 6) is 0.242. The smallest absolute Gasteiger partial charge is 0.256 e. The Labute approximate surface area is 133 Å². The van der Waals surface area contributed by atoms with Crippen molar-refractivity contribution in [2.45, 2.75) is 6.42 Å². The van der Waals surface area contributed by atoms with Crippen LogP contribution in [0.4, 0.5) is 0 Å². The lowest BCUT2D eigenvalue weighted by molar-refractivity contribution is 0.0784. The van der Waals surface area contributed by atoms with Crippen LogP contribution in [0.2, 0.25) is 0 Å². The molecule has 1 aliphatic rings. The minimum absolute atomic E-state index is 0.0291. The first-order valence-electron chi connectivity index (χ1n) is 6.46.